The van der Waals surface area contributed by atoms with Crippen LogP contribution in [0.1, 0.15) is 219 Å². The molecule has 12 heteroatoms. The third-order valence-corrected chi connectivity index (χ3v) is 23.7. The van der Waals surface area contributed by atoms with Gasteiger partial charge >= 0.3 is 0 Å². The van der Waals surface area contributed by atoms with Gasteiger partial charge in [0.25, 0.3) is 47.3 Å². The highest BCUT2D eigenvalue weighted by atomic mass is 16.2. The van der Waals surface area contributed by atoms with E-state index in [1.807, 2.05) is 127 Å². The first-order valence-corrected chi connectivity index (χ1v) is 36.3. The van der Waals surface area contributed by atoms with Crippen molar-refractivity contribution in [3.63, 3.8) is 0 Å². The number of hydrogen-bond donors (Lipinski definition) is 0. The molecule has 0 fully saturated rings. The monoisotopic (exact) mass is 1330 g/mol. The van der Waals surface area contributed by atoms with Crippen LogP contribution in [0.4, 0.5) is 11.4 Å². The first-order chi connectivity index (χ1) is 50.0. The van der Waals surface area contributed by atoms with Gasteiger partial charge in [-0.15, -0.1) is 0 Å². The van der Waals surface area contributed by atoms with Crippen LogP contribution in [0.5, 0.6) is 0 Å². The first-order valence-electron chi connectivity index (χ1n) is 36.3. The standard InChI is InChI=1S/C90H66N4O8/c1-3-5-7-9-11-15-45-91-83(95)62-37-29-52-56-33-41-66-79-67(42-34-57(75(56)79)53-30-38-63(84(91)96)77(62)73(52)53)88(100)93(87(66)99)48-27-25-47(26-28-48)49-21-17-22-60-71-50-19-13-14-20-51(50)82(72(49)60)81-61(71)23-18-24-70(81)94-89(101)68-43-35-58-54-31-39-64-78-65(86(98)92(85(64)97)46-16-12-10-8-6-4-2)40-32-55(74(54)78)59-36-44-69(90(94)102)80(68)76(58)59/h13-14,17-44,71,82H,3-12,15-16,45-46H2,1-2H3. The van der Waals surface area contributed by atoms with Crippen LogP contribution in [0.3, 0.4) is 0 Å². The molecule has 2 bridgehead atoms. The lowest BCUT2D eigenvalue weighted by Gasteiger charge is -2.45. The zero-order valence-electron chi connectivity index (χ0n) is 56.4. The van der Waals surface area contributed by atoms with Crippen LogP contribution in [0.15, 0.2) is 182 Å². The molecule has 3 aliphatic carbocycles. The van der Waals surface area contributed by atoms with E-state index in [-0.39, 0.29) is 29.5 Å². The summed E-state index contributed by atoms with van der Waals surface area (Å²) in [6, 6.07) is 58.5. The summed E-state index contributed by atoms with van der Waals surface area (Å²) in [4.78, 5) is 124. The van der Waals surface area contributed by atoms with Gasteiger partial charge in [0.05, 0.1) is 11.4 Å². The lowest BCUT2D eigenvalue weighted by atomic mass is 9.59. The van der Waals surface area contributed by atoms with Gasteiger partial charge in [0.15, 0.2) is 0 Å². The Morgan fingerprint density at radius 1 is 0.255 bits per heavy atom. The molecule has 0 saturated heterocycles. The summed E-state index contributed by atoms with van der Waals surface area (Å²) in [5.74, 6) is -3.55. The number of amides is 8. The Morgan fingerprint density at radius 2 is 0.578 bits per heavy atom. The van der Waals surface area contributed by atoms with Gasteiger partial charge in [0.1, 0.15) is 0 Å². The van der Waals surface area contributed by atoms with Crippen molar-refractivity contribution in [1.82, 2.24) is 9.80 Å². The minimum Gasteiger partial charge on any atom is -0.274 e. The van der Waals surface area contributed by atoms with Crippen LogP contribution in [-0.4, -0.2) is 70.1 Å². The minimum absolute atomic E-state index is 0.240. The van der Waals surface area contributed by atoms with Crippen molar-refractivity contribution in [3.8, 4) is 11.1 Å². The van der Waals surface area contributed by atoms with Crippen molar-refractivity contribution in [2.75, 3.05) is 22.9 Å². The number of hydrogen-bond acceptors (Lipinski definition) is 8. The number of nitrogens with zero attached hydrogens (tertiary/aromatic N) is 4. The van der Waals surface area contributed by atoms with E-state index in [0.29, 0.717) is 90.5 Å². The fourth-order valence-electron chi connectivity index (χ4n) is 19.1. The molecule has 8 amide bonds. The third-order valence-electron chi connectivity index (χ3n) is 23.7. The summed E-state index contributed by atoms with van der Waals surface area (Å²) in [5.41, 5.74) is 12.6. The number of imide groups is 4. The Balaban J connectivity index is 0.632. The van der Waals surface area contributed by atoms with Crippen molar-refractivity contribution >= 4 is 145 Å². The van der Waals surface area contributed by atoms with E-state index in [0.717, 1.165) is 173 Å². The minimum atomic E-state index is -0.449. The summed E-state index contributed by atoms with van der Waals surface area (Å²) < 4.78 is 0. The fourth-order valence-corrected chi connectivity index (χ4v) is 19.1. The molecule has 0 spiro atoms. The zero-order valence-corrected chi connectivity index (χ0v) is 56.4. The van der Waals surface area contributed by atoms with E-state index in [9.17, 15) is 19.2 Å². The van der Waals surface area contributed by atoms with Crippen LogP contribution in [0.25, 0.3) is 97.3 Å². The maximum atomic E-state index is 15.7. The van der Waals surface area contributed by atoms with Crippen LogP contribution in [0.2, 0.25) is 0 Å². The molecule has 0 N–H and O–H groups in total. The largest absolute Gasteiger partial charge is 0.274 e. The quantitative estimate of drug-likeness (QED) is 0.0378. The highest BCUT2D eigenvalue weighted by Gasteiger charge is 2.48. The normalized spacial score (nSPS) is 16.6. The zero-order chi connectivity index (χ0) is 68.8. The number of benzene rings is 14. The second-order valence-electron chi connectivity index (χ2n) is 28.9. The summed E-state index contributed by atoms with van der Waals surface area (Å²) in [5, 5.41) is 12.3. The molecule has 21 rings (SSSR count). The van der Waals surface area contributed by atoms with Gasteiger partial charge in [-0.05, 0) is 189 Å². The predicted molar refractivity (Wildman–Crippen MR) is 402 cm³/mol. The first kappa shape index (κ1) is 60.2. The molecule has 0 saturated carbocycles. The Hall–Kier alpha value is -11.8. The van der Waals surface area contributed by atoms with Gasteiger partial charge in [0.2, 0.25) is 0 Å². The highest BCUT2D eigenvalue weighted by Crippen LogP contribution is 2.61. The van der Waals surface area contributed by atoms with E-state index in [1.165, 1.54) is 32.4 Å². The molecule has 0 radical (unpaired) electrons. The number of fused-ring (bicyclic) bond motifs is 4. The van der Waals surface area contributed by atoms with Crippen LogP contribution < -0.4 is 9.80 Å². The number of carbonyl (C=O) groups is 8. The predicted octanol–water partition coefficient (Wildman–Crippen LogP) is 20.0. The number of anilines is 2. The molecule has 102 heavy (non-hydrogen) atoms. The average Bonchev–Trinajstić information content (AvgIpc) is 0.693. The van der Waals surface area contributed by atoms with Crippen molar-refractivity contribution in [1.29, 1.82) is 0 Å². The Bertz CT molecular complexity index is 5980. The molecular weight excluding hydrogens is 1270 g/mol. The van der Waals surface area contributed by atoms with E-state index in [1.54, 1.807) is 12.1 Å². The maximum Gasteiger partial charge on any atom is 0.265 e. The van der Waals surface area contributed by atoms with Gasteiger partial charge in [0, 0.05) is 91.0 Å². The van der Waals surface area contributed by atoms with Crippen molar-refractivity contribution in [2.45, 2.75) is 103 Å². The average molecular weight is 1330 g/mol. The molecular formula is C90H66N4O8. The fraction of sp³-hybridized carbons (Fsp3) is 0.200. The summed E-state index contributed by atoms with van der Waals surface area (Å²) in [6.07, 6.45) is 12.5. The van der Waals surface area contributed by atoms with Gasteiger partial charge in [-0.2, -0.15) is 0 Å². The summed E-state index contributed by atoms with van der Waals surface area (Å²) in [7, 11) is 0. The molecule has 0 aromatic heterocycles. The molecule has 7 aliphatic rings. The van der Waals surface area contributed by atoms with Gasteiger partial charge in [-0.1, -0.05) is 193 Å². The Labute approximate surface area is 586 Å². The van der Waals surface area contributed by atoms with Crippen LogP contribution >= 0.6 is 0 Å². The second-order valence-corrected chi connectivity index (χ2v) is 28.9. The Morgan fingerprint density at radius 3 is 0.971 bits per heavy atom. The van der Waals surface area contributed by atoms with E-state index >= 15 is 19.2 Å². The van der Waals surface area contributed by atoms with E-state index in [4.69, 9.17) is 0 Å². The van der Waals surface area contributed by atoms with Gasteiger partial charge in [-0.25, -0.2) is 9.80 Å². The lowest BCUT2D eigenvalue weighted by molar-refractivity contribution is 0.0592. The smallest absolute Gasteiger partial charge is 0.265 e. The molecule has 14 aromatic rings. The van der Waals surface area contributed by atoms with Gasteiger partial charge < -0.3 is 0 Å². The molecule has 494 valence electrons. The summed E-state index contributed by atoms with van der Waals surface area (Å²) in [6.45, 7) is 5.11. The van der Waals surface area contributed by atoms with Crippen LogP contribution in [0, 0.1) is 0 Å². The van der Waals surface area contributed by atoms with Crippen LogP contribution in [-0.2, 0) is 0 Å². The highest BCUT2D eigenvalue weighted by molar-refractivity contribution is 6.46. The number of carbonyl (C=O) groups excluding carboxylic acids is 8. The van der Waals surface area contributed by atoms with Crippen molar-refractivity contribution in [3.05, 3.63) is 260 Å². The molecule has 4 aliphatic heterocycles. The molecule has 2 atom stereocenters. The SMILES string of the molecule is CCCCCCCCN1C(=O)c2ccc3c4ccc5c6c(ccc(c7ccc(c2c37)C1=O)c64)C(=O)N(c1ccc(-c2cccc3c2C2c4ccccc4C3c3cccc(N4C(=O)c6ccc7c8ccc9c%10c(ccc(c%11ccc(c6c7%11)C4=O)c%108)C(=O)N(CCCCCCCC)C9=O)c32)cc1)C5=O. The molecule has 14 aromatic carbocycles. The number of unbranched alkanes of at least 4 members (excludes halogenated alkanes) is 10. The third kappa shape index (κ3) is 8.03. The molecule has 12 nitrogen and oxygen atoms in total. The topological polar surface area (TPSA) is 150 Å². The van der Waals surface area contributed by atoms with Gasteiger partial charge in [-0.3, -0.25) is 48.2 Å². The number of rotatable bonds is 17. The lowest BCUT2D eigenvalue weighted by Crippen LogP contribution is -2.42. The molecule has 4 heterocycles. The summed E-state index contributed by atoms with van der Waals surface area (Å²) >= 11 is 0. The maximum absolute atomic E-state index is 15.7. The van der Waals surface area contributed by atoms with E-state index < -0.39 is 29.5 Å². The molecule has 2 unspecified atom stereocenters. The second kappa shape index (κ2) is 22.4. The van der Waals surface area contributed by atoms with Crippen molar-refractivity contribution in [2.24, 2.45) is 0 Å². The Kier molecular flexibility index (Phi) is 13.2. The van der Waals surface area contributed by atoms with Crippen molar-refractivity contribution < 1.29 is 38.4 Å². The van der Waals surface area contributed by atoms with E-state index in [2.05, 4.69) is 56.3 Å².